The van der Waals surface area contributed by atoms with Gasteiger partial charge >= 0.3 is 11.9 Å². The Hall–Kier alpha value is -3.77. The fraction of sp³-hybridized carbons (Fsp3) is 0.732. The molecule has 0 amide bonds. The topological polar surface area (TPSA) is 81.1 Å². The number of anilines is 2. The molecule has 5 rings (SSSR count). The van der Waals surface area contributed by atoms with Crippen molar-refractivity contribution in [2.75, 3.05) is 22.9 Å². The van der Waals surface area contributed by atoms with Gasteiger partial charge in [-0.05, 0) is 84.9 Å². The number of hydrogen-bond acceptors (Lipinski definition) is 4. The molecule has 3 aliphatic rings. The van der Waals surface area contributed by atoms with Crippen LogP contribution in [0.15, 0.2) is 94.7 Å². The fourth-order valence-corrected chi connectivity index (χ4v) is 16.2. The number of hydrogen-bond donors (Lipinski definition) is 2. The van der Waals surface area contributed by atoms with Crippen molar-refractivity contribution in [1.82, 2.24) is 0 Å². The molecule has 2 N–H and O–H groups in total. The lowest BCUT2D eigenvalue weighted by molar-refractivity contribution is -0.137. The molecule has 2 aliphatic heterocycles. The summed E-state index contributed by atoms with van der Waals surface area (Å²) in [6, 6.07) is 18.1. The van der Waals surface area contributed by atoms with Gasteiger partial charge in [-0.2, -0.15) is 0 Å². The lowest BCUT2D eigenvalue weighted by Gasteiger charge is -2.39. The third-order valence-electron chi connectivity index (χ3n) is 21.2. The van der Waals surface area contributed by atoms with Crippen LogP contribution in [0.1, 0.15) is 360 Å². The molecule has 0 fully saturated rings. The second-order valence-corrected chi connectivity index (χ2v) is 28.6. The highest BCUT2D eigenvalue weighted by atomic mass is 35.5. The SMILES string of the molecule is CCCCCCCCCCCCC1(CCCCCCCCCCCC)/C(=C\C=C2/CC(CC)CC(/C=C/C3N(CCC(=O)O)c4ccccc4C3(CCCCCCCCCCCC)CCCCCCCCCCCC)=C2Cl)N(CCC(=O)O)c2ccccc21. The predicted octanol–water partition coefficient (Wildman–Crippen LogP) is 25.7. The molecule has 0 bridgehead atoms. The van der Waals surface area contributed by atoms with Crippen molar-refractivity contribution >= 4 is 34.9 Å². The summed E-state index contributed by atoms with van der Waals surface area (Å²) >= 11 is 7.91. The van der Waals surface area contributed by atoms with Crippen LogP contribution in [0.2, 0.25) is 0 Å². The van der Waals surface area contributed by atoms with E-state index < -0.39 is 11.9 Å². The number of aliphatic carboxylic acids is 2. The van der Waals surface area contributed by atoms with E-state index in [0.29, 0.717) is 19.0 Å². The Morgan fingerprint density at radius 1 is 0.472 bits per heavy atom. The first-order valence-electron chi connectivity index (χ1n) is 38.3. The van der Waals surface area contributed by atoms with Gasteiger partial charge in [-0.1, -0.05) is 364 Å². The highest BCUT2D eigenvalue weighted by Crippen LogP contribution is 2.55. The van der Waals surface area contributed by atoms with Crippen molar-refractivity contribution in [2.45, 2.75) is 366 Å². The molecule has 1 aliphatic carbocycles. The number of carboxylic acid groups (broad SMARTS) is 2. The van der Waals surface area contributed by atoms with Gasteiger partial charge in [-0.3, -0.25) is 9.59 Å². The van der Waals surface area contributed by atoms with E-state index in [1.165, 1.54) is 283 Å². The molecule has 0 radical (unpaired) electrons. The van der Waals surface area contributed by atoms with Crippen molar-refractivity contribution in [2.24, 2.45) is 5.92 Å². The lowest BCUT2D eigenvalue weighted by atomic mass is 9.69. The average Bonchev–Trinajstić information content (AvgIpc) is 1.61. The molecule has 2 aromatic carbocycles. The van der Waals surface area contributed by atoms with E-state index in [1.54, 1.807) is 0 Å². The Morgan fingerprint density at radius 2 is 0.854 bits per heavy atom. The summed E-state index contributed by atoms with van der Waals surface area (Å²) < 4.78 is 0. The highest BCUT2D eigenvalue weighted by Gasteiger charge is 2.49. The van der Waals surface area contributed by atoms with Crippen LogP contribution in [-0.4, -0.2) is 41.3 Å². The molecular formula is C82H133ClN2O4. The van der Waals surface area contributed by atoms with Crippen LogP contribution in [0.3, 0.4) is 0 Å². The van der Waals surface area contributed by atoms with E-state index in [0.717, 1.165) is 62.8 Å². The summed E-state index contributed by atoms with van der Waals surface area (Å²) in [7, 11) is 0. The Morgan fingerprint density at radius 3 is 1.28 bits per heavy atom. The maximum absolute atomic E-state index is 12.5. The number of para-hydroxylation sites is 2. The Kier molecular flexibility index (Phi) is 38.8. The van der Waals surface area contributed by atoms with Gasteiger partial charge in [0, 0.05) is 46.0 Å². The summed E-state index contributed by atoms with van der Waals surface area (Å²) in [5, 5.41) is 21.4. The minimum atomic E-state index is -0.759. The third kappa shape index (κ3) is 25.9. The minimum Gasteiger partial charge on any atom is -0.481 e. The second kappa shape index (κ2) is 45.5. The first-order chi connectivity index (χ1) is 43.6. The van der Waals surface area contributed by atoms with Gasteiger partial charge in [-0.15, -0.1) is 0 Å². The third-order valence-corrected chi connectivity index (χ3v) is 21.7. The van der Waals surface area contributed by atoms with Gasteiger partial charge in [0.2, 0.25) is 0 Å². The first-order valence-corrected chi connectivity index (χ1v) is 38.6. The monoisotopic (exact) mass is 1240 g/mol. The van der Waals surface area contributed by atoms with Gasteiger partial charge < -0.3 is 20.0 Å². The molecule has 0 saturated carbocycles. The number of nitrogens with zero attached hydrogens (tertiary/aromatic N) is 2. The molecule has 0 aromatic heterocycles. The second-order valence-electron chi connectivity index (χ2n) is 28.2. The van der Waals surface area contributed by atoms with E-state index in [9.17, 15) is 19.8 Å². The first kappa shape index (κ1) is 75.9. The number of benzene rings is 2. The molecule has 2 atom stereocenters. The Labute approximate surface area is 552 Å². The zero-order chi connectivity index (χ0) is 63.6. The fourth-order valence-electron chi connectivity index (χ4n) is 15.9. The number of unbranched alkanes of at least 4 members (excludes halogenated alkanes) is 36. The van der Waals surface area contributed by atoms with Gasteiger partial charge in [0.1, 0.15) is 0 Å². The maximum atomic E-state index is 12.5. The average molecular weight is 1250 g/mol. The van der Waals surface area contributed by atoms with Crippen LogP contribution in [0.25, 0.3) is 0 Å². The molecular weight excluding hydrogens is 1110 g/mol. The predicted molar refractivity (Wildman–Crippen MR) is 386 cm³/mol. The molecule has 89 heavy (non-hydrogen) atoms. The van der Waals surface area contributed by atoms with E-state index in [-0.39, 0.29) is 29.7 Å². The molecule has 0 spiro atoms. The molecule has 7 heteroatoms. The van der Waals surface area contributed by atoms with E-state index in [1.807, 2.05) is 0 Å². The number of fused-ring (bicyclic) bond motifs is 2. The van der Waals surface area contributed by atoms with Crippen LogP contribution >= 0.6 is 11.6 Å². The normalized spacial score (nSPS) is 17.9. The summed E-state index contributed by atoms with van der Waals surface area (Å²) in [6.07, 6.45) is 69.2. The van der Waals surface area contributed by atoms with Crippen LogP contribution < -0.4 is 9.80 Å². The van der Waals surface area contributed by atoms with Gasteiger partial charge in [-0.25, -0.2) is 0 Å². The smallest absolute Gasteiger partial charge is 0.305 e. The van der Waals surface area contributed by atoms with Crippen molar-refractivity contribution in [3.8, 4) is 0 Å². The van der Waals surface area contributed by atoms with Crippen LogP contribution in [-0.2, 0) is 20.4 Å². The van der Waals surface area contributed by atoms with E-state index in [2.05, 4.69) is 117 Å². The van der Waals surface area contributed by atoms with Gasteiger partial charge in [0.15, 0.2) is 0 Å². The number of allylic oxidation sites excluding steroid dienone is 7. The van der Waals surface area contributed by atoms with Crippen LogP contribution in [0, 0.1) is 5.92 Å². The Bertz CT molecular complexity index is 2320. The number of carbonyl (C=O) groups is 2. The molecule has 2 aromatic rings. The zero-order valence-electron chi connectivity index (χ0n) is 58.1. The van der Waals surface area contributed by atoms with Gasteiger partial charge in [0.05, 0.1) is 18.9 Å². The molecule has 2 unspecified atom stereocenters. The van der Waals surface area contributed by atoms with Crippen LogP contribution in [0.5, 0.6) is 0 Å². The van der Waals surface area contributed by atoms with Crippen molar-refractivity contribution in [1.29, 1.82) is 0 Å². The lowest BCUT2D eigenvalue weighted by Crippen LogP contribution is -2.44. The highest BCUT2D eigenvalue weighted by molar-refractivity contribution is 6.32. The summed E-state index contributed by atoms with van der Waals surface area (Å²) in [5.74, 6) is -1.08. The van der Waals surface area contributed by atoms with Crippen molar-refractivity contribution in [3.63, 3.8) is 0 Å². The molecule has 6 nitrogen and oxygen atoms in total. The zero-order valence-corrected chi connectivity index (χ0v) is 58.9. The minimum absolute atomic E-state index is 0.0156. The molecule has 2 heterocycles. The molecule has 0 saturated heterocycles. The standard InChI is InChI=1S/C82H133ClN2O4/c1-6-11-15-19-23-27-31-35-39-47-61-81(62-48-40-36-32-28-24-20-16-12-7-2)72-51-43-45-53-74(72)84(65-59-78(86)87)76(81)57-55-70-67-69(10-5)68-71(80(70)83)56-58-77-82(63-49-41-37-33-29-25-21-17-13-8-3,64-50-42-38-34-30-26-22-18-14-9-4)73-52-44-46-54-75(73)85(77)66-60-79(88)89/h43-46,51-58,69,76H,6-42,47-50,59-68H2,1-5H3,(H,86,87)(H,88,89)/b57-55+,71-56+,77-58+. The van der Waals surface area contributed by atoms with Crippen molar-refractivity contribution in [3.05, 3.63) is 106 Å². The van der Waals surface area contributed by atoms with E-state index >= 15 is 0 Å². The maximum Gasteiger partial charge on any atom is 0.305 e. The number of rotatable bonds is 54. The summed E-state index contributed by atoms with van der Waals surface area (Å²) in [4.78, 5) is 30.0. The van der Waals surface area contributed by atoms with Crippen molar-refractivity contribution < 1.29 is 19.8 Å². The number of halogens is 1. The molecule has 502 valence electrons. The number of carboxylic acids is 2. The quantitative estimate of drug-likeness (QED) is 0.0643. The summed E-state index contributed by atoms with van der Waals surface area (Å²) in [5.41, 5.74) is 8.48. The van der Waals surface area contributed by atoms with E-state index in [4.69, 9.17) is 11.6 Å². The largest absolute Gasteiger partial charge is 0.481 e. The Balaban J connectivity index is 1.53. The van der Waals surface area contributed by atoms with Gasteiger partial charge in [0.25, 0.3) is 0 Å². The summed E-state index contributed by atoms with van der Waals surface area (Å²) in [6.45, 7) is 12.4. The van der Waals surface area contributed by atoms with Crippen LogP contribution in [0.4, 0.5) is 11.4 Å².